The first kappa shape index (κ1) is 14.3. The molecule has 1 aromatic heterocycles. The first-order valence-corrected chi connectivity index (χ1v) is 8.82. The van der Waals surface area contributed by atoms with Crippen molar-refractivity contribution in [3.05, 3.63) is 46.2 Å². The molecule has 3 rings (SSSR count). The maximum Gasteiger partial charge on any atom is 0.252 e. The summed E-state index contributed by atoms with van der Waals surface area (Å²) in [6, 6.07) is 9.48. The van der Waals surface area contributed by atoms with Gasteiger partial charge in [0, 0.05) is 30.2 Å². The zero-order valence-electron chi connectivity index (χ0n) is 11.9. The number of H-pyrrole nitrogens is 1. The van der Waals surface area contributed by atoms with Crippen LogP contribution >= 0.6 is 0 Å². The number of fused-ring (bicyclic) bond motifs is 1. The van der Waals surface area contributed by atoms with Crippen molar-refractivity contribution in [1.29, 1.82) is 0 Å². The van der Waals surface area contributed by atoms with Crippen LogP contribution in [0, 0.1) is 0 Å². The van der Waals surface area contributed by atoms with Crippen LogP contribution in [0.1, 0.15) is 12.5 Å². The third-order valence-corrected chi connectivity index (χ3v) is 5.81. The molecular weight excluding hydrogens is 288 g/mol. The van der Waals surface area contributed by atoms with E-state index in [4.69, 9.17) is 0 Å². The number of benzene rings is 1. The quantitative estimate of drug-likeness (QED) is 0.903. The van der Waals surface area contributed by atoms with Gasteiger partial charge in [0.2, 0.25) is 0 Å². The molecule has 1 N–H and O–H groups in total. The molecule has 1 fully saturated rings. The largest absolute Gasteiger partial charge is 0.322 e. The Morgan fingerprint density at radius 3 is 2.86 bits per heavy atom. The molecule has 0 aliphatic carbocycles. The highest BCUT2D eigenvalue weighted by molar-refractivity contribution is 7.91. The zero-order chi connectivity index (χ0) is 15.0. The van der Waals surface area contributed by atoms with Crippen molar-refractivity contribution in [2.45, 2.75) is 19.5 Å². The minimum absolute atomic E-state index is 0.0605. The predicted molar refractivity (Wildman–Crippen MR) is 83.1 cm³/mol. The van der Waals surface area contributed by atoms with Crippen molar-refractivity contribution >= 4 is 20.7 Å². The van der Waals surface area contributed by atoms with E-state index in [-0.39, 0.29) is 23.1 Å². The molecule has 112 valence electrons. The van der Waals surface area contributed by atoms with Crippen LogP contribution < -0.4 is 5.56 Å². The average Bonchev–Trinajstić information content (AvgIpc) is 2.42. The Kier molecular flexibility index (Phi) is 3.59. The van der Waals surface area contributed by atoms with Gasteiger partial charge in [0.1, 0.15) is 0 Å². The summed E-state index contributed by atoms with van der Waals surface area (Å²) in [7, 11) is -2.93. The van der Waals surface area contributed by atoms with Gasteiger partial charge in [0.25, 0.3) is 5.56 Å². The second-order valence-electron chi connectivity index (χ2n) is 5.64. The molecule has 5 nitrogen and oxygen atoms in total. The summed E-state index contributed by atoms with van der Waals surface area (Å²) in [4.78, 5) is 17.1. The Bertz CT molecular complexity index is 826. The van der Waals surface area contributed by atoms with Crippen molar-refractivity contribution in [2.75, 3.05) is 18.1 Å². The van der Waals surface area contributed by atoms with Gasteiger partial charge in [-0.2, -0.15) is 0 Å². The third kappa shape index (κ3) is 3.01. The molecular formula is C15H18N2O3S. The minimum Gasteiger partial charge on any atom is -0.322 e. The van der Waals surface area contributed by atoms with Gasteiger partial charge < -0.3 is 4.98 Å². The molecule has 0 radical (unpaired) electrons. The fourth-order valence-corrected chi connectivity index (χ4v) is 4.42. The second kappa shape index (κ2) is 5.27. The maximum atomic E-state index is 12.1. The molecule has 0 saturated carbocycles. The highest BCUT2D eigenvalue weighted by Gasteiger charge is 2.28. The van der Waals surface area contributed by atoms with Gasteiger partial charge in [-0.3, -0.25) is 9.69 Å². The lowest BCUT2D eigenvalue weighted by Gasteiger charge is -2.32. The second-order valence-corrected chi connectivity index (χ2v) is 7.87. The molecule has 0 amide bonds. The summed E-state index contributed by atoms with van der Waals surface area (Å²) in [5, 5.41) is 0.990. The van der Waals surface area contributed by atoms with E-state index in [0.717, 1.165) is 10.9 Å². The van der Waals surface area contributed by atoms with Crippen molar-refractivity contribution < 1.29 is 8.42 Å². The first-order chi connectivity index (χ1) is 9.94. The third-order valence-electron chi connectivity index (χ3n) is 4.01. The normalized spacial score (nSPS) is 22.4. The monoisotopic (exact) mass is 306 g/mol. The molecule has 21 heavy (non-hydrogen) atoms. The van der Waals surface area contributed by atoms with Crippen molar-refractivity contribution in [2.24, 2.45) is 0 Å². The molecule has 2 aromatic rings. The summed E-state index contributed by atoms with van der Waals surface area (Å²) in [6.07, 6.45) is 0. The Hall–Kier alpha value is -1.66. The molecule has 1 saturated heterocycles. The van der Waals surface area contributed by atoms with E-state index in [1.165, 1.54) is 0 Å². The predicted octanol–water partition coefficient (Wildman–Crippen LogP) is 1.15. The van der Waals surface area contributed by atoms with Crippen LogP contribution in [0.2, 0.25) is 0 Å². The van der Waals surface area contributed by atoms with Gasteiger partial charge in [-0.15, -0.1) is 0 Å². The number of para-hydroxylation sites is 1. The van der Waals surface area contributed by atoms with Crippen LogP contribution in [0.4, 0.5) is 0 Å². The molecule has 0 bridgehead atoms. The summed E-state index contributed by atoms with van der Waals surface area (Å²) >= 11 is 0. The summed E-state index contributed by atoms with van der Waals surface area (Å²) in [5.41, 5.74) is 1.40. The molecule has 1 atom stereocenters. The number of rotatable bonds is 2. The summed E-state index contributed by atoms with van der Waals surface area (Å²) < 4.78 is 23.2. The molecule has 1 aliphatic rings. The molecule has 0 unspecified atom stereocenters. The Morgan fingerprint density at radius 1 is 1.33 bits per heavy atom. The van der Waals surface area contributed by atoms with Crippen molar-refractivity contribution in [3.8, 4) is 0 Å². The lowest BCUT2D eigenvalue weighted by molar-refractivity contribution is 0.217. The van der Waals surface area contributed by atoms with Crippen molar-refractivity contribution in [3.63, 3.8) is 0 Å². The number of nitrogens with zero attached hydrogens (tertiary/aromatic N) is 1. The Balaban J connectivity index is 1.88. The molecule has 6 heteroatoms. The van der Waals surface area contributed by atoms with E-state index in [1.807, 2.05) is 37.3 Å². The van der Waals surface area contributed by atoms with Gasteiger partial charge in [0.05, 0.1) is 11.5 Å². The van der Waals surface area contributed by atoms with E-state index in [0.29, 0.717) is 18.7 Å². The smallest absolute Gasteiger partial charge is 0.252 e. The molecule has 2 heterocycles. The van der Waals surface area contributed by atoms with E-state index in [1.54, 1.807) is 0 Å². The van der Waals surface area contributed by atoms with Crippen LogP contribution in [0.15, 0.2) is 35.1 Å². The van der Waals surface area contributed by atoms with Gasteiger partial charge in [-0.1, -0.05) is 18.2 Å². The van der Waals surface area contributed by atoms with Crippen LogP contribution in [0.5, 0.6) is 0 Å². The number of pyridine rings is 1. The van der Waals surface area contributed by atoms with E-state index < -0.39 is 9.84 Å². The molecule has 1 aliphatic heterocycles. The average molecular weight is 306 g/mol. The number of aromatic nitrogens is 1. The van der Waals surface area contributed by atoms with E-state index >= 15 is 0 Å². The van der Waals surface area contributed by atoms with Crippen LogP contribution in [0.25, 0.3) is 10.9 Å². The van der Waals surface area contributed by atoms with Crippen molar-refractivity contribution in [1.82, 2.24) is 9.88 Å². The Labute approximate surface area is 123 Å². The first-order valence-electron chi connectivity index (χ1n) is 7.00. The van der Waals surface area contributed by atoms with E-state index in [2.05, 4.69) is 9.88 Å². The topological polar surface area (TPSA) is 70.2 Å². The number of nitrogens with one attached hydrogen (secondary N) is 1. The lowest BCUT2D eigenvalue weighted by atomic mass is 10.1. The lowest BCUT2D eigenvalue weighted by Crippen LogP contribution is -2.46. The van der Waals surface area contributed by atoms with Crippen LogP contribution in [0.3, 0.4) is 0 Å². The number of hydrogen-bond acceptors (Lipinski definition) is 4. The number of aromatic amines is 1. The number of sulfone groups is 1. The van der Waals surface area contributed by atoms with Gasteiger partial charge >= 0.3 is 0 Å². The fraction of sp³-hybridized carbons (Fsp3) is 0.400. The van der Waals surface area contributed by atoms with Gasteiger partial charge in [-0.05, 0) is 24.4 Å². The van der Waals surface area contributed by atoms with Gasteiger partial charge in [0.15, 0.2) is 9.84 Å². The van der Waals surface area contributed by atoms with Crippen LogP contribution in [-0.4, -0.2) is 42.4 Å². The minimum atomic E-state index is -2.93. The highest BCUT2D eigenvalue weighted by Crippen LogP contribution is 2.16. The summed E-state index contributed by atoms with van der Waals surface area (Å²) in [5.74, 6) is 0.335. The summed E-state index contributed by atoms with van der Waals surface area (Å²) in [6.45, 7) is 2.86. The zero-order valence-corrected chi connectivity index (χ0v) is 12.7. The standard InChI is InChI=1S/C15H18N2O3S/c1-11-10-21(19,20)7-6-17(11)9-13-8-12-4-2-3-5-14(12)16-15(13)18/h2-5,8,11H,6-7,9-10H2,1H3,(H,16,18)/t11-/m1/s1. The molecule has 1 aromatic carbocycles. The van der Waals surface area contributed by atoms with E-state index in [9.17, 15) is 13.2 Å². The SMILES string of the molecule is C[C@@H]1CS(=O)(=O)CCN1Cc1cc2ccccc2[nH]c1=O. The highest BCUT2D eigenvalue weighted by atomic mass is 32.2. The Morgan fingerprint density at radius 2 is 2.10 bits per heavy atom. The fourth-order valence-electron chi connectivity index (χ4n) is 2.80. The number of hydrogen-bond donors (Lipinski definition) is 1. The van der Waals surface area contributed by atoms with Gasteiger partial charge in [-0.25, -0.2) is 8.42 Å². The van der Waals surface area contributed by atoms with Crippen LogP contribution in [-0.2, 0) is 16.4 Å². The maximum absolute atomic E-state index is 12.1. The molecule has 0 spiro atoms.